The van der Waals surface area contributed by atoms with Crippen molar-refractivity contribution in [2.24, 2.45) is 0 Å². The number of pyridine rings is 1. The van der Waals surface area contributed by atoms with Crippen LogP contribution in [0.3, 0.4) is 0 Å². The van der Waals surface area contributed by atoms with Crippen LogP contribution in [0.1, 0.15) is 16.1 Å². The van der Waals surface area contributed by atoms with Crippen LogP contribution < -0.4 is 4.90 Å². The number of furan rings is 1. The number of aromatic nitrogens is 1. The molecule has 6 nitrogen and oxygen atoms in total. The predicted molar refractivity (Wildman–Crippen MR) is 111 cm³/mol. The maximum Gasteiger partial charge on any atom is 0.335 e. The Morgan fingerprint density at radius 1 is 1.06 bits per heavy atom. The molecule has 0 aliphatic carbocycles. The Morgan fingerprint density at radius 2 is 1.69 bits per heavy atom. The van der Waals surface area contributed by atoms with E-state index < -0.39 is 46.7 Å². The third-order valence-electron chi connectivity index (χ3n) is 4.31. The fourth-order valence-electron chi connectivity index (χ4n) is 2.84. The van der Waals surface area contributed by atoms with Crippen molar-refractivity contribution in [3.8, 4) is 11.3 Å². The molecule has 3 aromatic rings. The molecule has 3 heterocycles. The van der Waals surface area contributed by atoms with E-state index in [0.717, 1.165) is 17.8 Å². The van der Waals surface area contributed by atoms with Gasteiger partial charge in [0.2, 0.25) is 0 Å². The highest BCUT2D eigenvalue weighted by Crippen LogP contribution is 2.37. The van der Waals surface area contributed by atoms with E-state index >= 15 is 0 Å². The van der Waals surface area contributed by atoms with Crippen LogP contribution in [0, 0.1) is 23.5 Å². The molecular formula is C20H8F4N2O4S2. The van der Waals surface area contributed by atoms with Crippen molar-refractivity contribution in [2.75, 3.05) is 4.90 Å². The lowest BCUT2D eigenvalue weighted by molar-refractivity contribution is -0.113. The van der Waals surface area contributed by atoms with Crippen LogP contribution in [-0.4, -0.2) is 26.3 Å². The summed E-state index contributed by atoms with van der Waals surface area (Å²) in [5.74, 6) is -9.30. The van der Waals surface area contributed by atoms with Gasteiger partial charge in [-0.1, -0.05) is 24.0 Å². The number of aromatic carboxylic acids is 1. The van der Waals surface area contributed by atoms with Crippen LogP contribution in [-0.2, 0) is 4.79 Å². The molecule has 1 aliphatic heterocycles. The standard InChI is InChI=1S/C20H8F4N2O4S2/c21-14-13(15(22)17(24)25-16(14)23)11-6-5-10(30-11)7-12-18(27)26(20(31)32-12)9-3-1-8(2-4-9)19(28)29/h1-7H,(H,28,29)/b12-7+. The van der Waals surface area contributed by atoms with E-state index in [2.05, 4.69) is 4.98 Å². The number of hydrogen-bond donors (Lipinski definition) is 1. The van der Waals surface area contributed by atoms with Gasteiger partial charge in [-0.3, -0.25) is 9.69 Å². The highest BCUT2D eigenvalue weighted by Gasteiger charge is 2.34. The number of rotatable bonds is 4. The number of halogens is 4. The molecule has 0 spiro atoms. The topological polar surface area (TPSA) is 83.6 Å². The van der Waals surface area contributed by atoms with Crippen LogP contribution in [0.25, 0.3) is 17.4 Å². The Morgan fingerprint density at radius 3 is 2.28 bits per heavy atom. The van der Waals surface area contributed by atoms with E-state index in [1.807, 2.05) is 0 Å². The molecule has 32 heavy (non-hydrogen) atoms. The number of carbonyl (C=O) groups excluding carboxylic acids is 1. The first-order valence-corrected chi connectivity index (χ1v) is 9.81. The molecule has 1 amide bonds. The van der Waals surface area contributed by atoms with Gasteiger partial charge in [0, 0.05) is 6.08 Å². The second-order valence-electron chi connectivity index (χ2n) is 6.27. The van der Waals surface area contributed by atoms with E-state index in [-0.39, 0.29) is 20.5 Å². The molecule has 1 aliphatic rings. The van der Waals surface area contributed by atoms with Crippen molar-refractivity contribution in [3.05, 3.63) is 76.2 Å². The van der Waals surface area contributed by atoms with Crippen LogP contribution in [0.15, 0.2) is 45.7 Å². The second-order valence-corrected chi connectivity index (χ2v) is 7.94. The Kier molecular flexibility index (Phi) is 5.57. The molecule has 1 N–H and O–H groups in total. The Balaban J connectivity index is 1.64. The highest BCUT2D eigenvalue weighted by molar-refractivity contribution is 8.27. The van der Waals surface area contributed by atoms with Gasteiger partial charge in [0.15, 0.2) is 16.0 Å². The average molecular weight is 480 g/mol. The van der Waals surface area contributed by atoms with Crippen LogP contribution in [0.4, 0.5) is 23.2 Å². The molecule has 1 aromatic carbocycles. The fraction of sp³-hybridized carbons (Fsp3) is 0. The minimum absolute atomic E-state index is 0.0290. The van der Waals surface area contributed by atoms with Gasteiger partial charge in [0.05, 0.1) is 21.7 Å². The van der Waals surface area contributed by atoms with E-state index in [1.165, 1.54) is 41.3 Å². The van der Waals surface area contributed by atoms with Gasteiger partial charge >= 0.3 is 5.97 Å². The molecule has 0 saturated carbocycles. The number of thiocarbonyl (C=S) groups is 1. The molecular weight excluding hydrogens is 472 g/mol. The zero-order chi connectivity index (χ0) is 23.2. The van der Waals surface area contributed by atoms with Gasteiger partial charge in [0.1, 0.15) is 11.5 Å². The third kappa shape index (κ3) is 3.78. The number of carboxylic acid groups (broad SMARTS) is 1. The van der Waals surface area contributed by atoms with Crippen molar-refractivity contribution in [2.45, 2.75) is 0 Å². The molecule has 0 radical (unpaired) electrons. The molecule has 12 heteroatoms. The zero-order valence-electron chi connectivity index (χ0n) is 15.4. The Hall–Kier alpha value is -3.51. The minimum Gasteiger partial charge on any atom is -0.478 e. The zero-order valence-corrected chi connectivity index (χ0v) is 17.1. The van der Waals surface area contributed by atoms with Gasteiger partial charge < -0.3 is 9.52 Å². The number of nitrogens with zero attached hydrogens (tertiary/aromatic N) is 2. The first-order valence-electron chi connectivity index (χ1n) is 8.59. The first-order chi connectivity index (χ1) is 15.2. The normalized spacial score (nSPS) is 15.1. The SMILES string of the molecule is O=C(O)c1ccc(N2C(=O)/C(=C\c3ccc(-c4c(F)c(F)nc(F)c4F)o3)SC2=S)cc1. The monoisotopic (exact) mass is 480 g/mol. The summed E-state index contributed by atoms with van der Waals surface area (Å²) in [4.78, 5) is 27.5. The van der Waals surface area contributed by atoms with Crippen molar-refractivity contribution in [1.82, 2.24) is 4.98 Å². The number of hydrogen-bond acceptors (Lipinski definition) is 6. The largest absolute Gasteiger partial charge is 0.478 e. The molecule has 0 unspecified atom stereocenters. The summed E-state index contributed by atoms with van der Waals surface area (Å²) in [7, 11) is 0. The van der Waals surface area contributed by atoms with Crippen LogP contribution in [0.2, 0.25) is 0 Å². The van der Waals surface area contributed by atoms with E-state index in [0.29, 0.717) is 5.69 Å². The molecule has 162 valence electrons. The quantitative estimate of drug-likeness (QED) is 0.243. The highest BCUT2D eigenvalue weighted by atomic mass is 32.2. The van der Waals surface area contributed by atoms with Gasteiger partial charge in [0.25, 0.3) is 17.8 Å². The summed E-state index contributed by atoms with van der Waals surface area (Å²) in [6.45, 7) is 0. The van der Waals surface area contributed by atoms with Crippen molar-refractivity contribution in [1.29, 1.82) is 0 Å². The molecule has 1 fully saturated rings. The first kappa shape index (κ1) is 21.7. The number of thioether (sulfide) groups is 1. The lowest BCUT2D eigenvalue weighted by Gasteiger charge is -2.14. The van der Waals surface area contributed by atoms with Crippen molar-refractivity contribution in [3.63, 3.8) is 0 Å². The average Bonchev–Trinajstić information content (AvgIpc) is 3.31. The molecule has 4 rings (SSSR count). The predicted octanol–water partition coefficient (Wildman–Crippen LogP) is 5.00. The van der Waals surface area contributed by atoms with E-state index in [9.17, 15) is 27.2 Å². The Labute approximate surface area is 186 Å². The number of carbonyl (C=O) groups is 2. The number of carboxylic acids is 1. The lowest BCUT2D eigenvalue weighted by Crippen LogP contribution is -2.27. The fourth-order valence-corrected chi connectivity index (χ4v) is 4.12. The second kappa shape index (κ2) is 8.20. The maximum absolute atomic E-state index is 13.9. The van der Waals surface area contributed by atoms with Gasteiger partial charge in [-0.2, -0.15) is 13.8 Å². The number of amides is 1. The third-order valence-corrected chi connectivity index (χ3v) is 5.61. The lowest BCUT2D eigenvalue weighted by atomic mass is 10.2. The molecule has 1 saturated heterocycles. The van der Waals surface area contributed by atoms with E-state index in [1.54, 1.807) is 0 Å². The molecule has 0 bridgehead atoms. The van der Waals surface area contributed by atoms with Crippen LogP contribution >= 0.6 is 24.0 Å². The summed E-state index contributed by atoms with van der Waals surface area (Å²) in [5, 5.41) is 8.98. The molecule has 0 atom stereocenters. The summed E-state index contributed by atoms with van der Waals surface area (Å²) in [6.07, 6.45) is 1.25. The summed E-state index contributed by atoms with van der Waals surface area (Å²) < 4.78 is 60.0. The summed E-state index contributed by atoms with van der Waals surface area (Å²) >= 11 is 6.13. The van der Waals surface area contributed by atoms with Crippen molar-refractivity contribution < 1.29 is 36.7 Å². The summed E-state index contributed by atoms with van der Waals surface area (Å²) in [6, 6.07) is 7.79. The maximum atomic E-state index is 13.9. The van der Waals surface area contributed by atoms with Gasteiger partial charge in [-0.15, -0.1) is 0 Å². The van der Waals surface area contributed by atoms with Gasteiger partial charge in [-0.25, -0.2) is 13.6 Å². The molecule has 2 aromatic heterocycles. The minimum atomic E-state index is -1.83. The number of benzene rings is 1. The van der Waals surface area contributed by atoms with Crippen molar-refractivity contribution >= 4 is 51.9 Å². The summed E-state index contributed by atoms with van der Waals surface area (Å²) in [5.41, 5.74) is -0.699. The number of anilines is 1. The van der Waals surface area contributed by atoms with Crippen LogP contribution in [0.5, 0.6) is 0 Å². The van der Waals surface area contributed by atoms with E-state index in [4.69, 9.17) is 21.7 Å². The Bertz CT molecular complexity index is 1300. The smallest absolute Gasteiger partial charge is 0.335 e. The van der Waals surface area contributed by atoms with Gasteiger partial charge in [-0.05, 0) is 36.4 Å².